The van der Waals surface area contributed by atoms with Gasteiger partial charge in [-0.25, -0.2) is 4.68 Å². The molecule has 6 heteroatoms. The number of thioether (sulfide) groups is 1. The summed E-state index contributed by atoms with van der Waals surface area (Å²) in [6.07, 6.45) is 4.41. The van der Waals surface area contributed by atoms with Gasteiger partial charge in [0.1, 0.15) is 0 Å². The van der Waals surface area contributed by atoms with Crippen LogP contribution < -0.4 is 0 Å². The van der Waals surface area contributed by atoms with Gasteiger partial charge in [0.15, 0.2) is 0 Å². The van der Waals surface area contributed by atoms with Gasteiger partial charge in [-0.3, -0.25) is 14.5 Å². The predicted molar refractivity (Wildman–Crippen MR) is 112 cm³/mol. The van der Waals surface area contributed by atoms with Crippen molar-refractivity contribution in [3.8, 4) is 16.9 Å². The zero-order chi connectivity index (χ0) is 19.5. The molecule has 1 saturated heterocycles. The Morgan fingerprint density at radius 1 is 1.00 bits per heavy atom. The molecule has 0 N–H and O–H groups in total. The minimum Gasteiger partial charge on any atom is -0.268 e. The molecule has 1 fully saturated rings. The molecule has 0 saturated carbocycles. The van der Waals surface area contributed by atoms with Crippen molar-refractivity contribution in [2.45, 2.75) is 13.3 Å². The maximum Gasteiger partial charge on any atom is 0.293 e. The number of rotatable bonds is 5. The largest absolute Gasteiger partial charge is 0.293 e. The van der Waals surface area contributed by atoms with E-state index in [-0.39, 0.29) is 11.1 Å². The molecule has 3 aromatic rings. The van der Waals surface area contributed by atoms with Crippen LogP contribution in [0, 0.1) is 0 Å². The smallest absolute Gasteiger partial charge is 0.268 e. The van der Waals surface area contributed by atoms with Crippen molar-refractivity contribution in [2.24, 2.45) is 0 Å². The molecule has 2 heterocycles. The van der Waals surface area contributed by atoms with Crippen LogP contribution in [-0.4, -0.2) is 32.4 Å². The van der Waals surface area contributed by atoms with Gasteiger partial charge in [-0.05, 0) is 36.4 Å². The fraction of sp³-hybridized carbons (Fsp3) is 0.136. The summed E-state index contributed by atoms with van der Waals surface area (Å²) in [6, 6.07) is 19.6. The molecule has 0 bridgehead atoms. The SMILES string of the molecule is CCCN1C(=O)S/C(=C\c2cn(-c3ccccc3)nc2-c2ccccc2)C1=O. The Morgan fingerprint density at radius 2 is 1.68 bits per heavy atom. The van der Waals surface area contributed by atoms with E-state index in [1.54, 1.807) is 10.8 Å². The lowest BCUT2D eigenvalue weighted by Gasteiger charge is -2.09. The van der Waals surface area contributed by atoms with E-state index < -0.39 is 0 Å². The van der Waals surface area contributed by atoms with Crippen LogP contribution in [-0.2, 0) is 4.79 Å². The van der Waals surface area contributed by atoms with E-state index in [2.05, 4.69) is 0 Å². The highest BCUT2D eigenvalue weighted by Crippen LogP contribution is 2.34. The average molecular weight is 389 g/mol. The van der Waals surface area contributed by atoms with Crippen molar-refractivity contribution in [3.63, 3.8) is 0 Å². The van der Waals surface area contributed by atoms with Gasteiger partial charge < -0.3 is 0 Å². The second-order valence-corrected chi connectivity index (χ2v) is 7.41. The third-order valence-electron chi connectivity index (χ3n) is 4.42. The normalized spacial score (nSPS) is 15.6. The van der Waals surface area contributed by atoms with Gasteiger partial charge in [0, 0.05) is 23.9 Å². The van der Waals surface area contributed by atoms with E-state index in [0.29, 0.717) is 11.4 Å². The summed E-state index contributed by atoms with van der Waals surface area (Å²) in [4.78, 5) is 26.5. The highest BCUT2D eigenvalue weighted by atomic mass is 32.2. The lowest BCUT2D eigenvalue weighted by molar-refractivity contribution is -0.122. The Balaban J connectivity index is 1.79. The number of hydrogen-bond donors (Lipinski definition) is 0. The fourth-order valence-electron chi connectivity index (χ4n) is 3.08. The van der Waals surface area contributed by atoms with Crippen molar-refractivity contribution in [2.75, 3.05) is 6.54 Å². The van der Waals surface area contributed by atoms with Crippen LogP contribution in [0.1, 0.15) is 18.9 Å². The molecule has 2 aromatic carbocycles. The van der Waals surface area contributed by atoms with Crippen molar-refractivity contribution in [1.29, 1.82) is 0 Å². The number of imide groups is 1. The first-order valence-electron chi connectivity index (χ1n) is 9.13. The first-order chi connectivity index (χ1) is 13.7. The third kappa shape index (κ3) is 3.51. The highest BCUT2D eigenvalue weighted by Gasteiger charge is 2.34. The number of aromatic nitrogens is 2. The van der Waals surface area contributed by atoms with Gasteiger partial charge in [-0.1, -0.05) is 55.5 Å². The average Bonchev–Trinajstić information content (AvgIpc) is 3.26. The Bertz CT molecular complexity index is 1040. The molecule has 28 heavy (non-hydrogen) atoms. The first kappa shape index (κ1) is 18.3. The van der Waals surface area contributed by atoms with Crippen LogP contribution in [0.4, 0.5) is 4.79 Å². The molecule has 140 valence electrons. The van der Waals surface area contributed by atoms with Crippen molar-refractivity contribution in [1.82, 2.24) is 14.7 Å². The first-order valence-corrected chi connectivity index (χ1v) is 9.95. The van der Waals surface area contributed by atoms with E-state index in [9.17, 15) is 9.59 Å². The molecule has 0 radical (unpaired) electrons. The number of amides is 2. The Kier molecular flexibility index (Phi) is 5.12. The number of para-hydroxylation sites is 1. The Labute approximate surface area is 167 Å². The van der Waals surface area contributed by atoms with E-state index >= 15 is 0 Å². The molecule has 0 atom stereocenters. The molecule has 4 rings (SSSR count). The molecule has 0 spiro atoms. The van der Waals surface area contributed by atoms with Gasteiger partial charge in [-0.2, -0.15) is 5.10 Å². The minimum atomic E-state index is -0.233. The molecular formula is C22H19N3O2S. The highest BCUT2D eigenvalue weighted by molar-refractivity contribution is 8.18. The van der Waals surface area contributed by atoms with Crippen molar-refractivity contribution < 1.29 is 9.59 Å². The summed E-state index contributed by atoms with van der Waals surface area (Å²) < 4.78 is 1.80. The molecule has 5 nitrogen and oxygen atoms in total. The summed E-state index contributed by atoms with van der Waals surface area (Å²) in [5.74, 6) is -0.233. The second-order valence-electron chi connectivity index (χ2n) is 6.41. The molecule has 0 unspecified atom stereocenters. The summed E-state index contributed by atoms with van der Waals surface area (Å²) in [6.45, 7) is 2.39. The van der Waals surface area contributed by atoms with Crippen LogP contribution >= 0.6 is 11.8 Å². The number of benzene rings is 2. The Hall–Kier alpha value is -3.12. The Morgan fingerprint density at radius 3 is 2.36 bits per heavy atom. The molecule has 2 amide bonds. The van der Waals surface area contributed by atoms with Gasteiger partial charge in [0.05, 0.1) is 16.3 Å². The number of hydrogen-bond acceptors (Lipinski definition) is 4. The summed E-state index contributed by atoms with van der Waals surface area (Å²) >= 11 is 0.987. The summed E-state index contributed by atoms with van der Waals surface area (Å²) in [7, 11) is 0. The molecule has 1 aliphatic rings. The van der Waals surface area contributed by atoms with E-state index in [4.69, 9.17) is 5.10 Å². The molecule has 0 aliphatic carbocycles. The number of carbonyl (C=O) groups excluding carboxylic acids is 2. The van der Waals surface area contributed by atoms with E-state index in [1.807, 2.05) is 73.8 Å². The van der Waals surface area contributed by atoms with Crippen LogP contribution in [0.5, 0.6) is 0 Å². The maximum absolute atomic E-state index is 12.6. The van der Waals surface area contributed by atoms with Crippen molar-refractivity contribution in [3.05, 3.63) is 77.3 Å². The summed E-state index contributed by atoms with van der Waals surface area (Å²) in [5.41, 5.74) is 3.46. The topological polar surface area (TPSA) is 55.2 Å². The molecular weight excluding hydrogens is 370 g/mol. The van der Waals surface area contributed by atoms with E-state index in [1.165, 1.54) is 4.90 Å². The van der Waals surface area contributed by atoms with Gasteiger partial charge in [0.2, 0.25) is 0 Å². The zero-order valence-corrected chi connectivity index (χ0v) is 16.2. The van der Waals surface area contributed by atoms with Crippen molar-refractivity contribution >= 4 is 29.0 Å². The fourth-order valence-corrected chi connectivity index (χ4v) is 3.94. The van der Waals surface area contributed by atoms with Crippen LogP contribution in [0.25, 0.3) is 23.0 Å². The molecule has 1 aliphatic heterocycles. The quantitative estimate of drug-likeness (QED) is 0.577. The lowest BCUT2D eigenvalue weighted by atomic mass is 10.1. The third-order valence-corrected chi connectivity index (χ3v) is 5.33. The van der Waals surface area contributed by atoms with Crippen LogP contribution in [0.2, 0.25) is 0 Å². The zero-order valence-electron chi connectivity index (χ0n) is 15.4. The predicted octanol–water partition coefficient (Wildman–Crippen LogP) is 4.99. The number of nitrogens with zero attached hydrogens (tertiary/aromatic N) is 3. The monoisotopic (exact) mass is 389 g/mol. The summed E-state index contributed by atoms with van der Waals surface area (Å²) in [5, 5.41) is 4.53. The molecule has 1 aromatic heterocycles. The van der Waals surface area contributed by atoms with Crippen LogP contribution in [0.15, 0.2) is 71.8 Å². The van der Waals surface area contributed by atoms with Crippen LogP contribution in [0.3, 0.4) is 0 Å². The lowest BCUT2D eigenvalue weighted by Crippen LogP contribution is -2.28. The van der Waals surface area contributed by atoms with E-state index in [0.717, 1.165) is 40.7 Å². The van der Waals surface area contributed by atoms with Gasteiger partial charge >= 0.3 is 0 Å². The second kappa shape index (κ2) is 7.86. The van der Waals surface area contributed by atoms with Gasteiger partial charge in [0.25, 0.3) is 11.1 Å². The standard InChI is InChI=1S/C22H19N3O2S/c1-2-13-24-21(26)19(28-22(24)27)14-17-15-25(18-11-7-4-8-12-18)23-20(17)16-9-5-3-6-10-16/h3-12,14-15H,2,13H2,1H3/b19-14-. The number of carbonyl (C=O) groups is 2. The minimum absolute atomic E-state index is 0.213. The maximum atomic E-state index is 12.6. The van der Waals surface area contributed by atoms with Gasteiger partial charge in [-0.15, -0.1) is 0 Å².